The molecule has 2 rings (SSSR count). The van der Waals surface area contributed by atoms with Crippen LogP contribution in [-0.2, 0) is 4.74 Å². The maximum Gasteiger partial charge on any atom is 0.254 e. The molecular formula is C11H12Cl2N2O2. The lowest BCUT2D eigenvalue weighted by Gasteiger charge is -2.31. The lowest BCUT2D eigenvalue weighted by Crippen LogP contribution is -2.44. The van der Waals surface area contributed by atoms with E-state index in [-0.39, 0.29) is 22.3 Å². The molecule has 1 fully saturated rings. The topological polar surface area (TPSA) is 42.4 Å². The van der Waals surface area contributed by atoms with E-state index in [9.17, 15) is 4.79 Å². The number of nitrogens with zero attached hydrogens (tertiary/aromatic N) is 2. The smallest absolute Gasteiger partial charge is 0.254 e. The largest absolute Gasteiger partial charge is 0.375 e. The molecule has 1 amide bonds. The van der Waals surface area contributed by atoms with Gasteiger partial charge in [0.1, 0.15) is 10.3 Å². The lowest BCUT2D eigenvalue weighted by atomic mass is 10.2. The maximum atomic E-state index is 12.2. The van der Waals surface area contributed by atoms with Crippen molar-refractivity contribution in [3.8, 4) is 0 Å². The molecule has 1 aliphatic heterocycles. The number of aromatic nitrogens is 1. The molecule has 4 nitrogen and oxygen atoms in total. The van der Waals surface area contributed by atoms with Gasteiger partial charge in [-0.15, -0.1) is 0 Å². The SMILES string of the molecule is CC1CN(C(=O)c2cc(Cl)nc(Cl)c2)CCO1. The van der Waals surface area contributed by atoms with Gasteiger partial charge in [-0.2, -0.15) is 0 Å². The number of pyridine rings is 1. The molecule has 0 aromatic carbocycles. The highest BCUT2D eigenvalue weighted by Crippen LogP contribution is 2.17. The Morgan fingerprint density at radius 2 is 2.12 bits per heavy atom. The third-order valence-corrected chi connectivity index (χ3v) is 2.93. The minimum atomic E-state index is -0.0913. The molecule has 1 unspecified atom stereocenters. The van der Waals surface area contributed by atoms with Crippen LogP contribution in [0.4, 0.5) is 0 Å². The van der Waals surface area contributed by atoms with Crippen LogP contribution in [0, 0.1) is 0 Å². The van der Waals surface area contributed by atoms with Gasteiger partial charge in [0, 0.05) is 18.7 Å². The number of halogens is 2. The van der Waals surface area contributed by atoms with E-state index in [4.69, 9.17) is 27.9 Å². The number of hydrogen-bond acceptors (Lipinski definition) is 3. The molecule has 1 aliphatic rings. The molecule has 1 aromatic rings. The summed E-state index contributed by atoms with van der Waals surface area (Å²) in [5.41, 5.74) is 0.462. The van der Waals surface area contributed by atoms with Gasteiger partial charge in [-0.3, -0.25) is 4.79 Å². The Balaban J connectivity index is 2.18. The number of carbonyl (C=O) groups excluding carboxylic acids is 1. The predicted octanol–water partition coefficient (Wildman–Crippen LogP) is 2.25. The summed E-state index contributed by atoms with van der Waals surface area (Å²) in [4.78, 5) is 17.7. The number of rotatable bonds is 1. The van der Waals surface area contributed by atoms with E-state index >= 15 is 0 Å². The van der Waals surface area contributed by atoms with Crippen LogP contribution in [0.25, 0.3) is 0 Å². The zero-order chi connectivity index (χ0) is 12.4. The fourth-order valence-corrected chi connectivity index (χ4v) is 2.23. The first kappa shape index (κ1) is 12.6. The molecule has 1 saturated heterocycles. The molecule has 0 spiro atoms. The summed E-state index contributed by atoms with van der Waals surface area (Å²) in [5.74, 6) is -0.0913. The maximum absolute atomic E-state index is 12.2. The van der Waals surface area contributed by atoms with Crippen molar-refractivity contribution in [3.63, 3.8) is 0 Å². The van der Waals surface area contributed by atoms with Crippen LogP contribution < -0.4 is 0 Å². The summed E-state index contributed by atoms with van der Waals surface area (Å²) in [5, 5.41) is 0.448. The van der Waals surface area contributed by atoms with Crippen molar-refractivity contribution < 1.29 is 9.53 Å². The van der Waals surface area contributed by atoms with Gasteiger partial charge in [0.2, 0.25) is 0 Å². The second-order valence-electron chi connectivity index (χ2n) is 3.93. The summed E-state index contributed by atoms with van der Waals surface area (Å²) in [6.07, 6.45) is 0.0560. The van der Waals surface area contributed by atoms with Crippen molar-refractivity contribution in [2.75, 3.05) is 19.7 Å². The molecule has 17 heavy (non-hydrogen) atoms. The van der Waals surface area contributed by atoms with Crippen LogP contribution in [0.5, 0.6) is 0 Å². The highest BCUT2D eigenvalue weighted by Gasteiger charge is 2.23. The van der Waals surface area contributed by atoms with Gasteiger partial charge in [-0.1, -0.05) is 23.2 Å². The van der Waals surface area contributed by atoms with Crippen molar-refractivity contribution in [2.24, 2.45) is 0 Å². The fourth-order valence-electron chi connectivity index (χ4n) is 1.77. The molecular weight excluding hydrogens is 263 g/mol. The molecule has 6 heteroatoms. The van der Waals surface area contributed by atoms with Gasteiger partial charge >= 0.3 is 0 Å². The molecule has 0 N–H and O–H groups in total. The minimum Gasteiger partial charge on any atom is -0.375 e. The van der Waals surface area contributed by atoms with E-state index in [2.05, 4.69) is 4.98 Å². The van der Waals surface area contributed by atoms with Gasteiger partial charge in [0.25, 0.3) is 5.91 Å². The standard InChI is InChI=1S/C11H12Cl2N2O2/c1-7-6-15(2-3-17-7)11(16)8-4-9(12)14-10(13)5-8/h4-5,7H,2-3,6H2,1H3. The van der Waals surface area contributed by atoms with E-state index in [0.29, 0.717) is 25.3 Å². The molecule has 0 aliphatic carbocycles. The van der Waals surface area contributed by atoms with Crippen molar-refractivity contribution in [3.05, 3.63) is 28.0 Å². The zero-order valence-corrected chi connectivity index (χ0v) is 10.8. The Bertz CT molecular complexity index is 419. The number of ether oxygens (including phenoxy) is 1. The van der Waals surface area contributed by atoms with E-state index in [0.717, 1.165) is 0 Å². The summed E-state index contributed by atoms with van der Waals surface area (Å²) >= 11 is 11.5. The van der Waals surface area contributed by atoms with E-state index in [1.54, 1.807) is 4.90 Å². The zero-order valence-electron chi connectivity index (χ0n) is 9.32. The first-order valence-corrected chi connectivity index (χ1v) is 6.06. The number of hydrogen-bond donors (Lipinski definition) is 0. The lowest BCUT2D eigenvalue weighted by molar-refractivity contribution is -0.0124. The summed E-state index contributed by atoms with van der Waals surface area (Å²) in [6, 6.07) is 3.05. The summed E-state index contributed by atoms with van der Waals surface area (Å²) in [6.45, 7) is 3.66. The predicted molar refractivity (Wildman–Crippen MR) is 65.6 cm³/mol. The van der Waals surface area contributed by atoms with Gasteiger partial charge in [0.15, 0.2) is 0 Å². The van der Waals surface area contributed by atoms with Crippen molar-refractivity contribution in [1.82, 2.24) is 9.88 Å². The van der Waals surface area contributed by atoms with Crippen LogP contribution >= 0.6 is 23.2 Å². The van der Waals surface area contributed by atoms with Crippen molar-refractivity contribution in [1.29, 1.82) is 0 Å². The molecule has 1 atom stereocenters. The Hall–Kier alpha value is -0.840. The Kier molecular flexibility index (Phi) is 3.86. The van der Waals surface area contributed by atoms with E-state index in [1.807, 2.05) is 6.92 Å². The van der Waals surface area contributed by atoms with Crippen LogP contribution in [0.1, 0.15) is 17.3 Å². The second-order valence-corrected chi connectivity index (χ2v) is 4.71. The van der Waals surface area contributed by atoms with E-state index < -0.39 is 0 Å². The third-order valence-electron chi connectivity index (χ3n) is 2.54. The van der Waals surface area contributed by atoms with Crippen LogP contribution in [0.2, 0.25) is 10.3 Å². The molecule has 0 radical (unpaired) electrons. The number of morpholine rings is 1. The summed E-state index contributed by atoms with van der Waals surface area (Å²) in [7, 11) is 0. The third kappa shape index (κ3) is 3.09. The second kappa shape index (κ2) is 5.21. The summed E-state index contributed by atoms with van der Waals surface area (Å²) < 4.78 is 5.38. The normalized spacial score (nSPS) is 20.4. The Labute approximate surface area is 109 Å². The molecule has 0 saturated carbocycles. The van der Waals surface area contributed by atoms with Gasteiger partial charge in [0.05, 0.1) is 12.7 Å². The van der Waals surface area contributed by atoms with Gasteiger partial charge in [-0.05, 0) is 19.1 Å². The average Bonchev–Trinajstić information content (AvgIpc) is 2.26. The van der Waals surface area contributed by atoms with Crippen LogP contribution in [-0.4, -0.2) is 41.6 Å². The Morgan fingerprint density at radius 1 is 1.47 bits per heavy atom. The minimum absolute atomic E-state index is 0.0560. The van der Waals surface area contributed by atoms with Crippen LogP contribution in [0.15, 0.2) is 12.1 Å². The first-order chi connectivity index (χ1) is 8.06. The quantitative estimate of drug-likeness (QED) is 0.738. The number of amides is 1. The highest BCUT2D eigenvalue weighted by atomic mass is 35.5. The van der Waals surface area contributed by atoms with Crippen molar-refractivity contribution in [2.45, 2.75) is 13.0 Å². The molecule has 2 heterocycles. The van der Waals surface area contributed by atoms with Gasteiger partial charge in [-0.25, -0.2) is 4.98 Å². The molecule has 92 valence electrons. The van der Waals surface area contributed by atoms with Crippen molar-refractivity contribution >= 4 is 29.1 Å². The average molecular weight is 275 g/mol. The Morgan fingerprint density at radius 3 is 2.71 bits per heavy atom. The first-order valence-electron chi connectivity index (χ1n) is 5.30. The van der Waals surface area contributed by atoms with Gasteiger partial charge < -0.3 is 9.64 Å². The van der Waals surface area contributed by atoms with Crippen LogP contribution in [0.3, 0.4) is 0 Å². The monoisotopic (exact) mass is 274 g/mol. The highest BCUT2D eigenvalue weighted by molar-refractivity contribution is 6.33. The molecule has 0 bridgehead atoms. The fraction of sp³-hybridized carbons (Fsp3) is 0.455. The molecule has 1 aromatic heterocycles. The number of carbonyl (C=O) groups is 1. The van der Waals surface area contributed by atoms with E-state index in [1.165, 1.54) is 12.1 Å².